The fraction of sp³-hybridized carbons (Fsp3) is 0.786. The fourth-order valence-electron chi connectivity index (χ4n) is 2.39. The fourth-order valence-corrected chi connectivity index (χ4v) is 2.39. The van der Waals surface area contributed by atoms with Crippen LogP contribution in [0.15, 0.2) is 0 Å². The molecule has 1 aliphatic heterocycles. The molecule has 7 nitrogen and oxygen atoms in total. The third-order valence-electron chi connectivity index (χ3n) is 3.34. The van der Waals surface area contributed by atoms with Crippen molar-refractivity contribution in [2.24, 2.45) is 5.92 Å². The standard InChI is InChI=1S/C14H25N3O4/c1-11(2)8-17(10-13(19)20)14(21)15(3)9-12(18)16-6-4-5-7-16/h11H,4-10H2,1-3H3,(H,19,20). The highest BCUT2D eigenvalue weighted by Gasteiger charge is 2.25. The number of carbonyl (C=O) groups excluding carboxylic acids is 2. The Morgan fingerprint density at radius 2 is 1.71 bits per heavy atom. The average Bonchev–Trinajstić information content (AvgIpc) is 2.89. The molecule has 1 rings (SSSR count). The second-order valence-corrected chi connectivity index (χ2v) is 5.89. The van der Waals surface area contributed by atoms with E-state index in [2.05, 4.69) is 0 Å². The summed E-state index contributed by atoms with van der Waals surface area (Å²) in [5.74, 6) is -0.970. The summed E-state index contributed by atoms with van der Waals surface area (Å²) in [5.41, 5.74) is 0. The summed E-state index contributed by atoms with van der Waals surface area (Å²) in [7, 11) is 1.53. The average molecular weight is 299 g/mol. The number of likely N-dealkylation sites (tertiary alicyclic amines) is 1. The summed E-state index contributed by atoms with van der Waals surface area (Å²) in [4.78, 5) is 39.5. The molecule has 21 heavy (non-hydrogen) atoms. The van der Waals surface area contributed by atoms with Crippen LogP contribution < -0.4 is 0 Å². The zero-order valence-electron chi connectivity index (χ0n) is 13.0. The first kappa shape index (κ1) is 17.3. The van der Waals surface area contributed by atoms with Crippen molar-refractivity contribution in [3.05, 3.63) is 0 Å². The van der Waals surface area contributed by atoms with Gasteiger partial charge in [0.15, 0.2) is 0 Å². The van der Waals surface area contributed by atoms with E-state index in [9.17, 15) is 14.4 Å². The molecule has 0 aliphatic carbocycles. The van der Waals surface area contributed by atoms with Crippen LogP contribution in [-0.2, 0) is 9.59 Å². The zero-order valence-corrected chi connectivity index (χ0v) is 13.0. The first-order valence-corrected chi connectivity index (χ1v) is 7.31. The van der Waals surface area contributed by atoms with E-state index in [1.807, 2.05) is 13.8 Å². The van der Waals surface area contributed by atoms with Gasteiger partial charge in [0.2, 0.25) is 5.91 Å². The summed E-state index contributed by atoms with van der Waals surface area (Å²) < 4.78 is 0. The van der Waals surface area contributed by atoms with Crippen LogP contribution in [0.25, 0.3) is 0 Å². The number of aliphatic carboxylic acids is 1. The van der Waals surface area contributed by atoms with E-state index < -0.39 is 12.0 Å². The molecule has 0 radical (unpaired) electrons. The van der Waals surface area contributed by atoms with Crippen molar-refractivity contribution in [1.82, 2.24) is 14.7 Å². The van der Waals surface area contributed by atoms with Gasteiger partial charge in [-0.3, -0.25) is 9.59 Å². The molecule has 0 bridgehead atoms. The topological polar surface area (TPSA) is 81.2 Å². The molecule has 1 N–H and O–H groups in total. The van der Waals surface area contributed by atoms with Gasteiger partial charge in [-0.1, -0.05) is 13.8 Å². The van der Waals surface area contributed by atoms with Crippen LogP contribution in [0.1, 0.15) is 26.7 Å². The predicted molar refractivity (Wildman–Crippen MR) is 77.9 cm³/mol. The normalized spacial score (nSPS) is 14.4. The van der Waals surface area contributed by atoms with Crippen molar-refractivity contribution in [3.63, 3.8) is 0 Å². The first-order chi connectivity index (χ1) is 9.81. The van der Waals surface area contributed by atoms with Crippen molar-refractivity contribution in [3.8, 4) is 0 Å². The van der Waals surface area contributed by atoms with Gasteiger partial charge in [0.1, 0.15) is 13.1 Å². The summed E-state index contributed by atoms with van der Waals surface area (Å²) in [6.07, 6.45) is 2.00. The summed E-state index contributed by atoms with van der Waals surface area (Å²) in [5, 5.41) is 8.89. The number of nitrogens with zero attached hydrogens (tertiary/aromatic N) is 3. The predicted octanol–water partition coefficient (Wildman–Crippen LogP) is 0.703. The van der Waals surface area contributed by atoms with E-state index in [1.165, 1.54) is 16.8 Å². The lowest BCUT2D eigenvalue weighted by molar-refractivity contribution is -0.137. The molecule has 0 atom stereocenters. The molecular weight excluding hydrogens is 274 g/mol. The Kier molecular flexibility index (Phi) is 6.45. The number of likely N-dealkylation sites (N-methyl/N-ethyl adjacent to an activating group) is 1. The Bertz CT molecular complexity index is 392. The lowest BCUT2D eigenvalue weighted by atomic mass is 10.2. The smallest absolute Gasteiger partial charge is 0.323 e. The zero-order chi connectivity index (χ0) is 16.0. The molecule has 1 saturated heterocycles. The highest BCUT2D eigenvalue weighted by atomic mass is 16.4. The monoisotopic (exact) mass is 299 g/mol. The van der Waals surface area contributed by atoms with Crippen LogP contribution in [0.3, 0.4) is 0 Å². The Balaban J connectivity index is 2.59. The van der Waals surface area contributed by atoms with Crippen molar-refractivity contribution in [1.29, 1.82) is 0 Å². The molecule has 7 heteroatoms. The summed E-state index contributed by atoms with van der Waals surface area (Å²) >= 11 is 0. The lowest BCUT2D eigenvalue weighted by Crippen LogP contribution is -2.48. The number of hydrogen-bond donors (Lipinski definition) is 1. The Labute approximate surface area is 125 Å². The van der Waals surface area contributed by atoms with Gasteiger partial charge in [0.25, 0.3) is 0 Å². The van der Waals surface area contributed by atoms with Crippen molar-refractivity contribution in [2.75, 3.05) is 39.8 Å². The second kappa shape index (κ2) is 7.85. The molecule has 0 unspecified atom stereocenters. The van der Waals surface area contributed by atoms with Gasteiger partial charge in [-0.2, -0.15) is 0 Å². The van der Waals surface area contributed by atoms with Crippen LogP contribution in [-0.4, -0.2) is 77.5 Å². The van der Waals surface area contributed by atoms with Gasteiger partial charge in [-0.15, -0.1) is 0 Å². The minimum Gasteiger partial charge on any atom is -0.480 e. The van der Waals surface area contributed by atoms with E-state index in [0.717, 1.165) is 25.9 Å². The highest BCUT2D eigenvalue weighted by molar-refractivity contribution is 5.85. The van der Waals surface area contributed by atoms with Crippen LogP contribution in [0, 0.1) is 5.92 Å². The number of rotatable bonds is 6. The van der Waals surface area contributed by atoms with Gasteiger partial charge in [0, 0.05) is 26.7 Å². The minimum absolute atomic E-state index is 0.00690. The molecule has 1 heterocycles. The van der Waals surface area contributed by atoms with Gasteiger partial charge >= 0.3 is 12.0 Å². The van der Waals surface area contributed by atoms with E-state index in [1.54, 1.807) is 4.90 Å². The molecule has 1 fully saturated rings. The Morgan fingerprint density at radius 1 is 1.14 bits per heavy atom. The number of urea groups is 1. The van der Waals surface area contributed by atoms with Crippen LogP contribution in [0.2, 0.25) is 0 Å². The molecule has 0 aromatic carbocycles. The quantitative estimate of drug-likeness (QED) is 0.783. The van der Waals surface area contributed by atoms with E-state index >= 15 is 0 Å². The third kappa shape index (κ3) is 5.61. The first-order valence-electron chi connectivity index (χ1n) is 7.31. The SMILES string of the molecule is CC(C)CN(CC(=O)O)C(=O)N(C)CC(=O)N1CCCC1. The van der Waals surface area contributed by atoms with Crippen LogP contribution in [0.5, 0.6) is 0 Å². The van der Waals surface area contributed by atoms with Crippen LogP contribution in [0.4, 0.5) is 4.79 Å². The van der Waals surface area contributed by atoms with Crippen molar-refractivity contribution < 1.29 is 19.5 Å². The summed E-state index contributed by atoms with van der Waals surface area (Å²) in [6, 6.07) is -0.418. The van der Waals surface area contributed by atoms with Gasteiger partial charge < -0.3 is 19.8 Å². The molecule has 120 valence electrons. The summed E-state index contributed by atoms with van der Waals surface area (Å²) in [6.45, 7) is 5.31. The molecule has 1 aliphatic rings. The minimum atomic E-state index is -1.05. The van der Waals surface area contributed by atoms with E-state index in [4.69, 9.17) is 5.11 Å². The third-order valence-corrected chi connectivity index (χ3v) is 3.34. The Hall–Kier alpha value is -1.79. The molecular formula is C14H25N3O4. The number of hydrogen-bond acceptors (Lipinski definition) is 3. The molecule has 0 spiro atoms. The van der Waals surface area contributed by atoms with Crippen molar-refractivity contribution >= 4 is 17.9 Å². The number of carbonyl (C=O) groups is 3. The van der Waals surface area contributed by atoms with Gasteiger partial charge in [-0.05, 0) is 18.8 Å². The number of carboxylic acid groups (broad SMARTS) is 1. The number of amides is 3. The second-order valence-electron chi connectivity index (χ2n) is 5.89. The maximum atomic E-state index is 12.3. The van der Waals surface area contributed by atoms with Gasteiger partial charge in [0.05, 0.1) is 0 Å². The largest absolute Gasteiger partial charge is 0.480 e. The van der Waals surface area contributed by atoms with Crippen molar-refractivity contribution in [2.45, 2.75) is 26.7 Å². The Morgan fingerprint density at radius 3 is 2.19 bits per heavy atom. The van der Waals surface area contributed by atoms with Gasteiger partial charge in [-0.25, -0.2) is 4.79 Å². The molecule has 0 aromatic rings. The van der Waals surface area contributed by atoms with Crippen LogP contribution >= 0.6 is 0 Å². The molecule has 0 saturated carbocycles. The lowest BCUT2D eigenvalue weighted by Gasteiger charge is -2.29. The number of carboxylic acids is 1. The maximum absolute atomic E-state index is 12.3. The van der Waals surface area contributed by atoms with E-state index in [0.29, 0.717) is 6.54 Å². The molecule has 3 amide bonds. The highest BCUT2D eigenvalue weighted by Crippen LogP contribution is 2.09. The maximum Gasteiger partial charge on any atom is 0.323 e. The molecule has 0 aromatic heterocycles. The van der Waals surface area contributed by atoms with E-state index in [-0.39, 0.29) is 24.9 Å².